The monoisotopic (exact) mass is 198 g/mol. The molecule has 1 unspecified atom stereocenters. The molecule has 0 saturated heterocycles. The van der Waals surface area contributed by atoms with Crippen molar-refractivity contribution < 1.29 is 9.47 Å². The maximum Gasteiger partial charge on any atom is 0.0654 e. The first-order valence-corrected chi connectivity index (χ1v) is 5.53. The number of ether oxygens (including phenoxy) is 2. The predicted molar refractivity (Wildman–Crippen MR) is 60.9 cm³/mol. The summed E-state index contributed by atoms with van der Waals surface area (Å²) in [6.45, 7) is 8.94. The number of hydrogen-bond acceptors (Lipinski definition) is 2. The van der Waals surface area contributed by atoms with Crippen molar-refractivity contribution in [2.24, 2.45) is 0 Å². The Hall–Kier alpha value is -0.0151. The molecule has 0 aromatic heterocycles. The molecule has 2 radical (unpaired) electrons. The average Bonchev–Trinajstić information content (AvgIpc) is 2.02. The van der Waals surface area contributed by atoms with Gasteiger partial charge in [0, 0.05) is 6.61 Å². The summed E-state index contributed by atoms with van der Waals surface area (Å²) < 4.78 is 11.2. The van der Waals surface area contributed by atoms with Crippen LogP contribution >= 0.6 is 0 Å². The van der Waals surface area contributed by atoms with E-state index in [1.807, 2.05) is 27.7 Å². The van der Waals surface area contributed by atoms with Gasteiger partial charge in [0.25, 0.3) is 0 Å². The van der Waals surface area contributed by atoms with Gasteiger partial charge in [-0.2, -0.15) is 0 Å². The summed E-state index contributed by atoms with van der Waals surface area (Å²) in [5.41, 5.74) is 0. The molecule has 0 N–H and O–H groups in total. The van der Waals surface area contributed by atoms with E-state index < -0.39 is 0 Å². The van der Waals surface area contributed by atoms with Crippen LogP contribution in [0.2, 0.25) is 6.32 Å². The van der Waals surface area contributed by atoms with Crippen LogP contribution in [0.15, 0.2) is 0 Å². The standard InChI is InChI=1S/C11H23BO2/c1-9(2)13-8-6-11(5-7-12)14-10(3)4/h9-11H,5-8H2,1-4H3. The molecule has 0 aliphatic carbocycles. The van der Waals surface area contributed by atoms with Crippen LogP contribution in [-0.4, -0.2) is 32.8 Å². The molecule has 2 nitrogen and oxygen atoms in total. The third kappa shape index (κ3) is 8.58. The van der Waals surface area contributed by atoms with Crippen LogP contribution < -0.4 is 0 Å². The van der Waals surface area contributed by atoms with Crippen molar-refractivity contribution in [3.63, 3.8) is 0 Å². The van der Waals surface area contributed by atoms with E-state index >= 15 is 0 Å². The van der Waals surface area contributed by atoms with Crippen LogP contribution in [0.1, 0.15) is 40.5 Å². The quantitative estimate of drug-likeness (QED) is 0.558. The Bertz CT molecular complexity index is 126. The maximum atomic E-state index is 5.71. The highest BCUT2D eigenvalue weighted by Crippen LogP contribution is 2.10. The molecule has 1 atom stereocenters. The molecule has 82 valence electrons. The first-order valence-electron chi connectivity index (χ1n) is 5.53. The summed E-state index contributed by atoms with van der Waals surface area (Å²) in [5, 5.41) is 0. The third-order valence-electron chi connectivity index (χ3n) is 1.84. The molecule has 0 aromatic rings. The highest BCUT2D eigenvalue weighted by molar-refractivity contribution is 6.08. The van der Waals surface area contributed by atoms with Gasteiger partial charge in [0.05, 0.1) is 26.2 Å². The van der Waals surface area contributed by atoms with Gasteiger partial charge < -0.3 is 9.47 Å². The second-order valence-electron chi connectivity index (χ2n) is 4.09. The molecule has 0 aliphatic rings. The lowest BCUT2D eigenvalue weighted by Crippen LogP contribution is -2.20. The second-order valence-corrected chi connectivity index (χ2v) is 4.09. The summed E-state index contributed by atoms with van der Waals surface area (Å²) >= 11 is 0. The first-order chi connectivity index (χ1) is 6.56. The normalized spacial score (nSPS) is 13.9. The molecule has 0 bridgehead atoms. The Kier molecular flexibility index (Phi) is 8.30. The zero-order valence-corrected chi connectivity index (χ0v) is 9.95. The van der Waals surface area contributed by atoms with E-state index in [-0.39, 0.29) is 12.2 Å². The summed E-state index contributed by atoms with van der Waals surface area (Å²) in [6, 6.07) is 0. The Balaban J connectivity index is 3.61. The van der Waals surface area contributed by atoms with Gasteiger partial charge in [0.2, 0.25) is 0 Å². The van der Waals surface area contributed by atoms with E-state index in [0.717, 1.165) is 19.4 Å². The van der Waals surface area contributed by atoms with Crippen LogP contribution in [0.4, 0.5) is 0 Å². The van der Waals surface area contributed by atoms with Crippen molar-refractivity contribution >= 4 is 7.85 Å². The van der Waals surface area contributed by atoms with Gasteiger partial charge in [-0.05, 0) is 40.5 Å². The van der Waals surface area contributed by atoms with E-state index in [1.54, 1.807) is 0 Å². The molecule has 0 aromatic carbocycles. The van der Waals surface area contributed by atoms with E-state index in [1.165, 1.54) is 0 Å². The van der Waals surface area contributed by atoms with Gasteiger partial charge in [-0.3, -0.25) is 0 Å². The minimum atomic E-state index is 0.249. The fourth-order valence-electron chi connectivity index (χ4n) is 1.29. The summed E-state index contributed by atoms with van der Waals surface area (Å²) in [4.78, 5) is 0. The highest BCUT2D eigenvalue weighted by Gasteiger charge is 2.10. The third-order valence-corrected chi connectivity index (χ3v) is 1.84. The molecule has 14 heavy (non-hydrogen) atoms. The fraction of sp³-hybridized carbons (Fsp3) is 1.00. The topological polar surface area (TPSA) is 18.5 Å². The van der Waals surface area contributed by atoms with Gasteiger partial charge >= 0.3 is 0 Å². The Morgan fingerprint density at radius 3 is 2.07 bits per heavy atom. The maximum absolute atomic E-state index is 5.71. The molecule has 0 rings (SSSR count). The van der Waals surface area contributed by atoms with E-state index in [0.29, 0.717) is 12.4 Å². The van der Waals surface area contributed by atoms with Gasteiger partial charge in [-0.15, -0.1) is 0 Å². The summed E-state index contributed by atoms with van der Waals surface area (Å²) in [5.74, 6) is 0. The van der Waals surface area contributed by atoms with Gasteiger partial charge in [-0.1, -0.05) is 6.32 Å². The van der Waals surface area contributed by atoms with E-state index in [9.17, 15) is 0 Å². The van der Waals surface area contributed by atoms with Crippen LogP contribution in [0.5, 0.6) is 0 Å². The molecule has 0 spiro atoms. The van der Waals surface area contributed by atoms with Gasteiger partial charge in [0.1, 0.15) is 0 Å². The lowest BCUT2D eigenvalue weighted by Gasteiger charge is -2.20. The molecule has 0 saturated carbocycles. The predicted octanol–water partition coefficient (Wildman–Crippen LogP) is 2.57. The van der Waals surface area contributed by atoms with Gasteiger partial charge in [0.15, 0.2) is 0 Å². The minimum Gasteiger partial charge on any atom is -0.379 e. The molecular weight excluding hydrogens is 175 g/mol. The van der Waals surface area contributed by atoms with Gasteiger partial charge in [-0.25, -0.2) is 0 Å². The zero-order valence-electron chi connectivity index (χ0n) is 9.95. The van der Waals surface area contributed by atoms with Crippen molar-refractivity contribution in [2.45, 2.75) is 65.2 Å². The molecule has 0 heterocycles. The van der Waals surface area contributed by atoms with Crippen molar-refractivity contribution in [2.75, 3.05) is 6.61 Å². The molecule has 0 aliphatic heterocycles. The van der Waals surface area contributed by atoms with E-state index in [2.05, 4.69) is 0 Å². The number of rotatable bonds is 8. The lowest BCUT2D eigenvalue weighted by molar-refractivity contribution is -0.0222. The smallest absolute Gasteiger partial charge is 0.0654 e. The van der Waals surface area contributed by atoms with Crippen molar-refractivity contribution in [3.05, 3.63) is 0 Å². The Morgan fingerprint density at radius 1 is 1.00 bits per heavy atom. The molecule has 3 heteroatoms. The average molecular weight is 198 g/mol. The molecule has 0 amide bonds. The van der Waals surface area contributed by atoms with Crippen LogP contribution in [0.3, 0.4) is 0 Å². The highest BCUT2D eigenvalue weighted by atomic mass is 16.5. The van der Waals surface area contributed by atoms with Crippen molar-refractivity contribution in [3.8, 4) is 0 Å². The zero-order chi connectivity index (χ0) is 11.0. The second kappa shape index (κ2) is 8.31. The summed E-state index contributed by atoms with van der Waals surface area (Å²) in [6.07, 6.45) is 3.35. The Labute approximate surface area is 89.8 Å². The van der Waals surface area contributed by atoms with Crippen molar-refractivity contribution in [1.29, 1.82) is 0 Å². The Morgan fingerprint density at radius 2 is 1.64 bits per heavy atom. The summed E-state index contributed by atoms with van der Waals surface area (Å²) in [7, 11) is 5.52. The van der Waals surface area contributed by atoms with Crippen LogP contribution in [0, 0.1) is 0 Å². The van der Waals surface area contributed by atoms with Crippen LogP contribution in [-0.2, 0) is 9.47 Å². The number of hydrogen-bond donors (Lipinski definition) is 0. The molecule has 0 fully saturated rings. The fourth-order valence-corrected chi connectivity index (χ4v) is 1.29. The first kappa shape index (κ1) is 14.0. The largest absolute Gasteiger partial charge is 0.379 e. The SMILES string of the molecule is [B]CCC(CCOC(C)C)OC(C)C. The molecular formula is C11H23BO2. The van der Waals surface area contributed by atoms with Crippen molar-refractivity contribution in [1.82, 2.24) is 0 Å². The minimum absolute atomic E-state index is 0.249. The lowest BCUT2D eigenvalue weighted by atomic mass is 9.97. The van der Waals surface area contributed by atoms with E-state index in [4.69, 9.17) is 17.3 Å². The van der Waals surface area contributed by atoms with Crippen LogP contribution in [0.25, 0.3) is 0 Å².